The fraction of sp³-hybridized carbons (Fsp3) is 0.200. The minimum absolute atomic E-state index is 0.0133. The predicted molar refractivity (Wildman–Crippen MR) is 112 cm³/mol. The van der Waals surface area contributed by atoms with Crippen LogP contribution in [0.3, 0.4) is 0 Å². The second-order valence-electron chi connectivity index (χ2n) is 6.76. The Morgan fingerprint density at radius 2 is 2.03 bits per heavy atom. The smallest absolute Gasteiger partial charge is 0.342 e. The molecule has 0 radical (unpaired) electrons. The number of hydrogen-bond acceptors (Lipinski definition) is 8. The Hall–Kier alpha value is -3.66. The zero-order valence-electron chi connectivity index (χ0n) is 16.3. The van der Waals surface area contributed by atoms with E-state index < -0.39 is 18.5 Å². The van der Waals surface area contributed by atoms with Gasteiger partial charge in [-0.25, -0.2) is 14.5 Å². The molecule has 3 heterocycles. The number of rotatable bonds is 6. The average molecular weight is 422 g/mol. The molecule has 0 aliphatic heterocycles. The summed E-state index contributed by atoms with van der Waals surface area (Å²) in [6.45, 7) is 3.46. The molecule has 152 valence electrons. The highest BCUT2D eigenvalue weighted by Gasteiger charge is 2.23. The number of nitrogens with one attached hydrogen (secondary N) is 1. The van der Waals surface area contributed by atoms with Gasteiger partial charge in [0.15, 0.2) is 12.4 Å². The Balaban J connectivity index is 1.47. The van der Waals surface area contributed by atoms with Crippen LogP contribution >= 0.6 is 11.7 Å². The molecule has 9 nitrogen and oxygen atoms in total. The highest BCUT2D eigenvalue weighted by atomic mass is 32.1. The van der Waals surface area contributed by atoms with Crippen molar-refractivity contribution in [1.29, 1.82) is 0 Å². The fourth-order valence-corrected chi connectivity index (χ4v) is 3.58. The number of ether oxygens (including phenoxy) is 1. The lowest BCUT2D eigenvalue weighted by molar-refractivity contribution is -0.119. The van der Waals surface area contributed by atoms with E-state index in [0.717, 1.165) is 11.7 Å². The van der Waals surface area contributed by atoms with Gasteiger partial charge in [-0.05, 0) is 30.2 Å². The van der Waals surface area contributed by atoms with Gasteiger partial charge in [0, 0.05) is 6.20 Å². The molecule has 4 rings (SSSR count). The molecule has 0 aliphatic rings. The molecule has 1 amide bonds. The lowest BCUT2D eigenvalue weighted by atomic mass is 10.1. The first-order chi connectivity index (χ1) is 14.5. The molecule has 10 heteroatoms. The van der Waals surface area contributed by atoms with Crippen molar-refractivity contribution < 1.29 is 14.3 Å². The van der Waals surface area contributed by atoms with Crippen molar-refractivity contribution in [2.45, 2.75) is 19.8 Å². The molecule has 30 heavy (non-hydrogen) atoms. The van der Waals surface area contributed by atoms with E-state index in [-0.39, 0.29) is 5.92 Å². The molecule has 0 saturated carbocycles. The van der Waals surface area contributed by atoms with Gasteiger partial charge in [-0.2, -0.15) is 13.8 Å². The SMILES string of the molecule is CC(C)c1c(C(=O)OCC(=O)Nc2cccc3nsnc23)cnn1-c1ccccn1. The highest BCUT2D eigenvalue weighted by molar-refractivity contribution is 7.00. The van der Waals surface area contributed by atoms with Crippen LogP contribution in [0, 0.1) is 0 Å². The molecular weight excluding hydrogens is 404 g/mol. The van der Waals surface area contributed by atoms with E-state index in [0.29, 0.717) is 33.8 Å². The van der Waals surface area contributed by atoms with Crippen LogP contribution in [0.4, 0.5) is 5.69 Å². The molecule has 0 atom stereocenters. The predicted octanol–water partition coefficient (Wildman–Crippen LogP) is 3.19. The van der Waals surface area contributed by atoms with E-state index in [1.807, 2.05) is 19.9 Å². The van der Waals surface area contributed by atoms with Crippen LogP contribution < -0.4 is 5.32 Å². The van der Waals surface area contributed by atoms with Crippen molar-refractivity contribution in [2.75, 3.05) is 11.9 Å². The summed E-state index contributed by atoms with van der Waals surface area (Å²) in [5.41, 5.74) is 2.78. The number of hydrogen-bond donors (Lipinski definition) is 1. The first-order valence-corrected chi connectivity index (χ1v) is 9.95. The Labute approximate surface area is 176 Å². The molecular formula is C20H18N6O3S. The number of fused-ring (bicyclic) bond motifs is 1. The molecule has 0 fully saturated rings. The summed E-state index contributed by atoms with van der Waals surface area (Å²) in [6.07, 6.45) is 3.09. The topological polar surface area (TPSA) is 112 Å². The van der Waals surface area contributed by atoms with E-state index in [1.165, 1.54) is 6.20 Å². The van der Waals surface area contributed by atoms with Crippen molar-refractivity contribution in [3.05, 3.63) is 60.0 Å². The highest BCUT2D eigenvalue weighted by Crippen LogP contribution is 2.23. The van der Waals surface area contributed by atoms with Gasteiger partial charge in [0.25, 0.3) is 5.91 Å². The van der Waals surface area contributed by atoms with Crippen LogP contribution in [0.2, 0.25) is 0 Å². The van der Waals surface area contributed by atoms with E-state index in [9.17, 15) is 9.59 Å². The van der Waals surface area contributed by atoms with E-state index in [2.05, 4.69) is 24.1 Å². The third-order valence-electron chi connectivity index (χ3n) is 4.33. The van der Waals surface area contributed by atoms with Crippen molar-refractivity contribution in [2.24, 2.45) is 0 Å². The summed E-state index contributed by atoms with van der Waals surface area (Å²) in [5.74, 6) is -0.500. The first-order valence-electron chi connectivity index (χ1n) is 9.22. The maximum Gasteiger partial charge on any atom is 0.342 e. The van der Waals surface area contributed by atoms with Gasteiger partial charge < -0.3 is 10.1 Å². The van der Waals surface area contributed by atoms with Gasteiger partial charge in [-0.15, -0.1) is 0 Å². The zero-order valence-corrected chi connectivity index (χ0v) is 17.1. The van der Waals surface area contributed by atoms with Crippen LogP contribution in [0.25, 0.3) is 16.9 Å². The molecule has 4 aromatic rings. The number of pyridine rings is 1. The minimum Gasteiger partial charge on any atom is -0.452 e. The number of benzene rings is 1. The van der Waals surface area contributed by atoms with Crippen LogP contribution in [-0.2, 0) is 9.53 Å². The molecule has 0 unspecified atom stereocenters. The standard InChI is InChI=1S/C20H18N6O3S/c1-12(2)19-13(10-22-26(19)16-8-3-4-9-21-16)20(28)29-11-17(27)23-14-6-5-7-15-18(14)25-30-24-15/h3-10,12H,11H2,1-2H3,(H,23,27). The fourth-order valence-electron chi connectivity index (χ4n) is 3.03. The normalized spacial score (nSPS) is 11.0. The lowest BCUT2D eigenvalue weighted by Crippen LogP contribution is -2.21. The van der Waals surface area contributed by atoms with Crippen molar-refractivity contribution in [1.82, 2.24) is 23.5 Å². The van der Waals surface area contributed by atoms with E-state index in [4.69, 9.17) is 4.74 Å². The Morgan fingerprint density at radius 3 is 2.80 bits per heavy atom. The number of carbonyl (C=O) groups excluding carboxylic acids is 2. The Bertz CT molecular complexity index is 1200. The summed E-state index contributed by atoms with van der Waals surface area (Å²) in [7, 11) is 0. The van der Waals surface area contributed by atoms with Gasteiger partial charge in [-0.3, -0.25) is 4.79 Å². The van der Waals surface area contributed by atoms with Gasteiger partial charge in [-0.1, -0.05) is 26.0 Å². The maximum atomic E-state index is 12.6. The van der Waals surface area contributed by atoms with Crippen LogP contribution in [0.1, 0.15) is 35.8 Å². The Kier molecular flexibility index (Phi) is 5.48. The summed E-state index contributed by atoms with van der Waals surface area (Å²) in [5, 5.41) is 6.99. The molecule has 1 N–H and O–H groups in total. The minimum atomic E-state index is -0.621. The van der Waals surface area contributed by atoms with Gasteiger partial charge in [0.2, 0.25) is 0 Å². The number of nitrogens with zero attached hydrogens (tertiary/aromatic N) is 5. The molecule has 0 bridgehead atoms. The number of carbonyl (C=O) groups is 2. The summed E-state index contributed by atoms with van der Waals surface area (Å²) < 4.78 is 15.1. The van der Waals surface area contributed by atoms with Crippen molar-refractivity contribution >= 4 is 40.3 Å². The van der Waals surface area contributed by atoms with Crippen molar-refractivity contribution in [3.8, 4) is 5.82 Å². The van der Waals surface area contributed by atoms with Crippen LogP contribution in [-0.4, -0.2) is 42.0 Å². The third-order valence-corrected chi connectivity index (χ3v) is 4.88. The second-order valence-corrected chi connectivity index (χ2v) is 7.29. The van der Waals surface area contributed by atoms with Gasteiger partial charge in [0.1, 0.15) is 16.6 Å². The van der Waals surface area contributed by atoms with Crippen molar-refractivity contribution in [3.63, 3.8) is 0 Å². The number of amides is 1. The summed E-state index contributed by atoms with van der Waals surface area (Å²) >= 11 is 1.06. The molecule has 3 aromatic heterocycles. The van der Waals surface area contributed by atoms with E-state index in [1.54, 1.807) is 41.2 Å². The molecule has 1 aromatic carbocycles. The average Bonchev–Trinajstić information content (AvgIpc) is 3.40. The number of aromatic nitrogens is 5. The quantitative estimate of drug-likeness (QED) is 0.475. The lowest BCUT2D eigenvalue weighted by Gasteiger charge is -2.12. The van der Waals surface area contributed by atoms with E-state index >= 15 is 0 Å². The summed E-state index contributed by atoms with van der Waals surface area (Å²) in [6, 6.07) is 10.7. The third kappa shape index (κ3) is 3.90. The summed E-state index contributed by atoms with van der Waals surface area (Å²) in [4.78, 5) is 29.2. The van der Waals surface area contributed by atoms with Gasteiger partial charge >= 0.3 is 5.97 Å². The second kappa shape index (κ2) is 8.37. The molecule has 0 aliphatic carbocycles. The maximum absolute atomic E-state index is 12.6. The largest absolute Gasteiger partial charge is 0.452 e. The molecule has 0 spiro atoms. The number of esters is 1. The monoisotopic (exact) mass is 422 g/mol. The first kappa shape index (κ1) is 19.6. The zero-order chi connectivity index (χ0) is 21.1. The number of anilines is 1. The van der Waals surface area contributed by atoms with Crippen LogP contribution in [0.15, 0.2) is 48.8 Å². The molecule has 0 saturated heterocycles. The van der Waals surface area contributed by atoms with Crippen LogP contribution in [0.5, 0.6) is 0 Å². The Morgan fingerprint density at radius 1 is 1.17 bits per heavy atom. The van der Waals surface area contributed by atoms with Gasteiger partial charge in [0.05, 0.1) is 29.3 Å².